The molecule has 2 aromatic rings. The third-order valence-electron chi connectivity index (χ3n) is 2.75. The summed E-state index contributed by atoms with van der Waals surface area (Å²) in [6.45, 7) is 0. The van der Waals surface area contributed by atoms with Crippen molar-refractivity contribution < 1.29 is 14.3 Å². The summed E-state index contributed by atoms with van der Waals surface area (Å²) in [4.78, 5) is 23.0. The SMILES string of the molecule is COC(=O)c1ccc(/C=N/NC(=O)c2ccccc2)cc1. The van der Waals surface area contributed by atoms with Gasteiger partial charge in [-0.3, -0.25) is 4.79 Å². The Morgan fingerprint density at radius 1 is 1.00 bits per heavy atom. The van der Waals surface area contributed by atoms with Gasteiger partial charge in [-0.15, -0.1) is 0 Å². The molecule has 0 aliphatic heterocycles. The molecule has 0 unspecified atom stereocenters. The largest absolute Gasteiger partial charge is 0.465 e. The first kappa shape index (κ1) is 14.5. The Balaban J connectivity index is 1.95. The number of hydrazone groups is 1. The van der Waals surface area contributed by atoms with Crippen LogP contribution in [0.25, 0.3) is 0 Å². The molecular weight excluding hydrogens is 268 g/mol. The van der Waals surface area contributed by atoms with Gasteiger partial charge in [0.2, 0.25) is 0 Å². The van der Waals surface area contributed by atoms with Crippen molar-refractivity contribution in [1.82, 2.24) is 5.43 Å². The van der Waals surface area contributed by atoms with Crippen LogP contribution in [0.1, 0.15) is 26.3 Å². The fourth-order valence-corrected chi connectivity index (χ4v) is 1.64. The van der Waals surface area contributed by atoms with Crippen LogP contribution < -0.4 is 5.43 Å². The number of methoxy groups -OCH3 is 1. The molecule has 5 heteroatoms. The predicted molar refractivity (Wildman–Crippen MR) is 79.3 cm³/mol. The van der Waals surface area contributed by atoms with Crippen LogP contribution in [0.5, 0.6) is 0 Å². The number of nitrogens with one attached hydrogen (secondary N) is 1. The van der Waals surface area contributed by atoms with E-state index in [1.54, 1.807) is 48.5 Å². The van der Waals surface area contributed by atoms with Crippen molar-refractivity contribution >= 4 is 18.1 Å². The Labute approximate surface area is 122 Å². The first-order valence-electron chi connectivity index (χ1n) is 6.27. The molecule has 21 heavy (non-hydrogen) atoms. The molecule has 0 aliphatic carbocycles. The van der Waals surface area contributed by atoms with Crippen LogP contribution in [0, 0.1) is 0 Å². The van der Waals surface area contributed by atoms with Crippen LogP contribution in [0.2, 0.25) is 0 Å². The molecule has 0 bridgehead atoms. The lowest BCUT2D eigenvalue weighted by molar-refractivity contribution is 0.0600. The zero-order valence-electron chi connectivity index (χ0n) is 11.4. The normalized spacial score (nSPS) is 10.3. The third-order valence-corrected chi connectivity index (χ3v) is 2.75. The minimum absolute atomic E-state index is 0.280. The summed E-state index contributed by atoms with van der Waals surface area (Å²) in [5.41, 5.74) is 4.19. The van der Waals surface area contributed by atoms with Gasteiger partial charge in [0.05, 0.1) is 18.9 Å². The van der Waals surface area contributed by atoms with E-state index in [2.05, 4.69) is 15.3 Å². The maximum Gasteiger partial charge on any atom is 0.337 e. The number of carbonyl (C=O) groups excluding carboxylic acids is 2. The summed E-state index contributed by atoms with van der Waals surface area (Å²) in [5.74, 6) is -0.672. The van der Waals surface area contributed by atoms with E-state index < -0.39 is 5.97 Å². The molecule has 106 valence electrons. The molecule has 0 fully saturated rings. The lowest BCUT2D eigenvalue weighted by Crippen LogP contribution is -2.17. The summed E-state index contributed by atoms with van der Waals surface area (Å²) >= 11 is 0. The summed E-state index contributed by atoms with van der Waals surface area (Å²) in [5, 5.41) is 3.87. The molecule has 2 aromatic carbocycles. The number of hydrogen-bond donors (Lipinski definition) is 1. The highest BCUT2D eigenvalue weighted by atomic mass is 16.5. The van der Waals surface area contributed by atoms with Crippen molar-refractivity contribution in [3.05, 3.63) is 71.3 Å². The second kappa shape index (κ2) is 7.00. The molecule has 1 N–H and O–H groups in total. The summed E-state index contributed by atoms with van der Waals surface area (Å²) in [7, 11) is 1.33. The number of nitrogens with zero attached hydrogens (tertiary/aromatic N) is 1. The van der Waals surface area contributed by atoms with Crippen molar-refractivity contribution in [3.8, 4) is 0 Å². The van der Waals surface area contributed by atoms with Crippen LogP contribution in [0.4, 0.5) is 0 Å². The van der Waals surface area contributed by atoms with Crippen molar-refractivity contribution in [3.63, 3.8) is 0 Å². The van der Waals surface area contributed by atoms with Crippen molar-refractivity contribution in [2.75, 3.05) is 7.11 Å². The Kier molecular flexibility index (Phi) is 4.82. The maximum absolute atomic E-state index is 11.7. The molecule has 0 spiro atoms. The summed E-state index contributed by atoms with van der Waals surface area (Å²) in [6, 6.07) is 15.5. The quantitative estimate of drug-likeness (QED) is 0.531. The molecule has 5 nitrogen and oxygen atoms in total. The van der Waals surface area contributed by atoms with Gasteiger partial charge in [0, 0.05) is 5.56 Å². The highest BCUT2D eigenvalue weighted by molar-refractivity contribution is 5.95. The topological polar surface area (TPSA) is 67.8 Å². The highest BCUT2D eigenvalue weighted by Crippen LogP contribution is 2.04. The van der Waals surface area contributed by atoms with Gasteiger partial charge >= 0.3 is 5.97 Å². The second-order valence-electron chi connectivity index (χ2n) is 4.18. The van der Waals surface area contributed by atoms with Crippen molar-refractivity contribution in [2.45, 2.75) is 0 Å². The number of hydrogen-bond acceptors (Lipinski definition) is 4. The Hall–Kier alpha value is -2.95. The van der Waals surface area contributed by atoms with E-state index in [1.165, 1.54) is 13.3 Å². The number of benzene rings is 2. The van der Waals surface area contributed by atoms with E-state index in [1.807, 2.05) is 6.07 Å². The zero-order valence-corrected chi connectivity index (χ0v) is 11.4. The molecule has 2 rings (SSSR count). The molecule has 0 aromatic heterocycles. The van der Waals surface area contributed by atoms with Crippen LogP contribution >= 0.6 is 0 Å². The van der Waals surface area contributed by atoms with Crippen LogP contribution in [0.3, 0.4) is 0 Å². The molecular formula is C16H14N2O3. The van der Waals surface area contributed by atoms with Crippen LogP contribution in [-0.4, -0.2) is 25.2 Å². The fourth-order valence-electron chi connectivity index (χ4n) is 1.64. The lowest BCUT2D eigenvalue weighted by Gasteiger charge is -2.00. The lowest BCUT2D eigenvalue weighted by atomic mass is 10.1. The Morgan fingerprint density at radius 3 is 2.29 bits per heavy atom. The monoisotopic (exact) mass is 282 g/mol. The highest BCUT2D eigenvalue weighted by Gasteiger charge is 2.04. The van der Waals surface area contributed by atoms with Gasteiger partial charge in [0.15, 0.2) is 0 Å². The molecule has 0 radical (unpaired) electrons. The number of rotatable bonds is 4. The van der Waals surface area contributed by atoms with Gasteiger partial charge in [-0.25, -0.2) is 10.2 Å². The maximum atomic E-state index is 11.7. The van der Waals surface area contributed by atoms with Crippen LogP contribution in [0.15, 0.2) is 59.7 Å². The van der Waals surface area contributed by atoms with E-state index in [4.69, 9.17) is 0 Å². The van der Waals surface area contributed by atoms with Crippen molar-refractivity contribution in [2.24, 2.45) is 5.10 Å². The Bertz CT molecular complexity index is 649. The molecule has 1 amide bonds. The number of esters is 1. The summed E-state index contributed by atoms with van der Waals surface area (Å²) < 4.78 is 4.61. The Morgan fingerprint density at radius 2 is 1.67 bits per heavy atom. The number of amides is 1. The van der Waals surface area contributed by atoms with Gasteiger partial charge < -0.3 is 4.74 Å². The number of ether oxygens (including phenoxy) is 1. The van der Waals surface area contributed by atoms with E-state index in [0.717, 1.165) is 5.56 Å². The van der Waals surface area contributed by atoms with Crippen LogP contribution in [-0.2, 0) is 4.74 Å². The van der Waals surface area contributed by atoms with Gasteiger partial charge in [-0.1, -0.05) is 30.3 Å². The van der Waals surface area contributed by atoms with Gasteiger partial charge in [-0.05, 0) is 29.8 Å². The molecule has 0 heterocycles. The minimum atomic E-state index is -0.393. The van der Waals surface area contributed by atoms with E-state index in [0.29, 0.717) is 11.1 Å². The van der Waals surface area contributed by atoms with Gasteiger partial charge in [0.25, 0.3) is 5.91 Å². The van der Waals surface area contributed by atoms with Crippen molar-refractivity contribution in [1.29, 1.82) is 0 Å². The van der Waals surface area contributed by atoms with E-state index in [-0.39, 0.29) is 5.91 Å². The average molecular weight is 282 g/mol. The van der Waals surface area contributed by atoms with Gasteiger partial charge in [0.1, 0.15) is 0 Å². The predicted octanol–water partition coefficient (Wildman–Crippen LogP) is 2.24. The average Bonchev–Trinajstić information content (AvgIpc) is 2.55. The minimum Gasteiger partial charge on any atom is -0.465 e. The zero-order chi connectivity index (χ0) is 15.1. The van der Waals surface area contributed by atoms with E-state index >= 15 is 0 Å². The first-order valence-corrected chi connectivity index (χ1v) is 6.27. The smallest absolute Gasteiger partial charge is 0.337 e. The first-order chi connectivity index (χ1) is 10.2. The third kappa shape index (κ3) is 4.01. The number of carbonyl (C=O) groups is 2. The molecule has 0 atom stereocenters. The standard InChI is InChI=1S/C16H14N2O3/c1-21-16(20)14-9-7-12(8-10-14)11-17-18-15(19)13-5-3-2-4-6-13/h2-11H,1H3,(H,18,19)/b17-11+. The van der Waals surface area contributed by atoms with Gasteiger partial charge in [-0.2, -0.15) is 5.10 Å². The molecule has 0 saturated heterocycles. The van der Waals surface area contributed by atoms with E-state index in [9.17, 15) is 9.59 Å². The molecule has 0 aliphatic rings. The fraction of sp³-hybridized carbons (Fsp3) is 0.0625. The molecule has 0 saturated carbocycles. The second-order valence-corrected chi connectivity index (χ2v) is 4.18. The summed E-state index contributed by atoms with van der Waals surface area (Å²) in [6.07, 6.45) is 1.50.